The van der Waals surface area contributed by atoms with Crippen LogP contribution in [-0.4, -0.2) is 30.0 Å². The van der Waals surface area contributed by atoms with Crippen molar-refractivity contribution >= 4 is 27.5 Å². The van der Waals surface area contributed by atoms with Crippen LogP contribution >= 0.6 is 0 Å². The highest BCUT2D eigenvalue weighted by Crippen LogP contribution is 2.38. The molecule has 2 amide bonds. The number of amides is 2. The lowest BCUT2D eigenvalue weighted by molar-refractivity contribution is -0.118. The van der Waals surface area contributed by atoms with Crippen LogP contribution in [0.3, 0.4) is 0 Å². The molecule has 0 atom stereocenters. The van der Waals surface area contributed by atoms with Gasteiger partial charge in [0.2, 0.25) is 15.9 Å². The van der Waals surface area contributed by atoms with Crippen molar-refractivity contribution in [2.45, 2.75) is 31.6 Å². The molecule has 166 valence electrons. The minimum atomic E-state index is -3.84. The predicted molar refractivity (Wildman–Crippen MR) is 120 cm³/mol. The van der Waals surface area contributed by atoms with Gasteiger partial charge in [-0.1, -0.05) is 19.9 Å². The number of carbonyl (C=O) groups excluding carboxylic acids is 2. The van der Waals surface area contributed by atoms with Crippen LogP contribution in [-0.2, 0) is 27.7 Å². The SMILES string of the molecule is CC(C)C(=O)Nc1ccc2c(c1)-c1c(c(C(N)=O)nn1-c1ccc(S(N)(=O)=O)cc1)CC2. The van der Waals surface area contributed by atoms with Crippen molar-refractivity contribution in [3.05, 3.63) is 59.3 Å². The second-order valence-electron chi connectivity index (χ2n) is 8.01. The van der Waals surface area contributed by atoms with Gasteiger partial charge in [-0.3, -0.25) is 9.59 Å². The van der Waals surface area contributed by atoms with E-state index >= 15 is 0 Å². The van der Waals surface area contributed by atoms with Gasteiger partial charge in [0, 0.05) is 22.7 Å². The largest absolute Gasteiger partial charge is 0.364 e. The number of aryl methyl sites for hydroxylation is 1. The van der Waals surface area contributed by atoms with E-state index in [2.05, 4.69) is 10.4 Å². The van der Waals surface area contributed by atoms with E-state index < -0.39 is 15.9 Å². The quantitative estimate of drug-likeness (QED) is 0.540. The maximum absolute atomic E-state index is 12.2. The lowest BCUT2D eigenvalue weighted by atomic mass is 9.88. The van der Waals surface area contributed by atoms with E-state index in [1.807, 2.05) is 32.0 Å². The fraction of sp³-hybridized carbons (Fsp3) is 0.227. The van der Waals surface area contributed by atoms with Crippen molar-refractivity contribution in [1.82, 2.24) is 9.78 Å². The van der Waals surface area contributed by atoms with Gasteiger partial charge in [0.1, 0.15) is 0 Å². The second kappa shape index (κ2) is 7.88. The molecule has 0 aliphatic heterocycles. The van der Waals surface area contributed by atoms with Crippen LogP contribution in [0, 0.1) is 5.92 Å². The highest BCUT2D eigenvalue weighted by Gasteiger charge is 2.28. The zero-order chi connectivity index (χ0) is 23.2. The molecule has 0 bridgehead atoms. The van der Waals surface area contributed by atoms with Crippen LogP contribution < -0.4 is 16.2 Å². The summed E-state index contributed by atoms with van der Waals surface area (Å²) in [6, 6.07) is 11.5. The Morgan fingerprint density at radius 2 is 1.78 bits per heavy atom. The summed E-state index contributed by atoms with van der Waals surface area (Å²) in [6.45, 7) is 3.62. The first-order chi connectivity index (χ1) is 15.1. The molecule has 9 nitrogen and oxygen atoms in total. The van der Waals surface area contributed by atoms with Crippen molar-refractivity contribution < 1.29 is 18.0 Å². The molecule has 0 saturated heterocycles. The van der Waals surface area contributed by atoms with Gasteiger partial charge < -0.3 is 11.1 Å². The number of nitrogens with two attached hydrogens (primary N) is 2. The maximum atomic E-state index is 12.2. The summed E-state index contributed by atoms with van der Waals surface area (Å²) in [5.41, 5.74) is 10.2. The predicted octanol–water partition coefficient (Wildman–Crippen LogP) is 1.98. The number of sulfonamides is 1. The summed E-state index contributed by atoms with van der Waals surface area (Å²) in [5, 5.41) is 12.5. The molecular formula is C22H23N5O4S. The number of nitrogens with zero attached hydrogens (tertiary/aromatic N) is 2. The van der Waals surface area contributed by atoms with Crippen molar-refractivity contribution in [1.29, 1.82) is 0 Å². The Labute approximate surface area is 185 Å². The van der Waals surface area contributed by atoms with Crippen LogP contribution in [0.25, 0.3) is 16.9 Å². The number of primary amides is 1. The highest BCUT2D eigenvalue weighted by atomic mass is 32.2. The molecule has 3 aromatic rings. The summed E-state index contributed by atoms with van der Waals surface area (Å²) in [6.07, 6.45) is 1.27. The average molecular weight is 454 g/mol. The minimum Gasteiger partial charge on any atom is -0.364 e. The molecule has 5 N–H and O–H groups in total. The average Bonchev–Trinajstić information content (AvgIpc) is 3.13. The lowest BCUT2D eigenvalue weighted by Crippen LogP contribution is -2.18. The first kappa shape index (κ1) is 21.7. The summed E-state index contributed by atoms with van der Waals surface area (Å²) in [4.78, 5) is 24.2. The van der Waals surface area contributed by atoms with E-state index in [0.717, 1.165) is 11.1 Å². The molecule has 2 aromatic carbocycles. The van der Waals surface area contributed by atoms with E-state index in [-0.39, 0.29) is 22.4 Å². The van der Waals surface area contributed by atoms with Gasteiger partial charge in [0.05, 0.1) is 16.3 Å². The highest BCUT2D eigenvalue weighted by molar-refractivity contribution is 7.89. The van der Waals surface area contributed by atoms with Crippen molar-refractivity contribution in [3.8, 4) is 16.9 Å². The van der Waals surface area contributed by atoms with Gasteiger partial charge >= 0.3 is 0 Å². The zero-order valence-electron chi connectivity index (χ0n) is 17.6. The van der Waals surface area contributed by atoms with Gasteiger partial charge in [-0.15, -0.1) is 0 Å². The Balaban J connectivity index is 1.88. The van der Waals surface area contributed by atoms with Crippen LogP contribution in [0.1, 0.15) is 35.5 Å². The zero-order valence-corrected chi connectivity index (χ0v) is 18.4. The maximum Gasteiger partial charge on any atom is 0.269 e. The fourth-order valence-corrected chi connectivity index (χ4v) is 4.28. The molecule has 32 heavy (non-hydrogen) atoms. The van der Waals surface area contributed by atoms with Crippen molar-refractivity contribution in [2.75, 3.05) is 5.32 Å². The van der Waals surface area contributed by atoms with Gasteiger partial charge in [-0.25, -0.2) is 18.2 Å². The number of rotatable bonds is 5. The Morgan fingerprint density at radius 3 is 2.38 bits per heavy atom. The summed E-state index contributed by atoms with van der Waals surface area (Å²) >= 11 is 0. The van der Waals surface area contributed by atoms with Crippen LogP contribution in [0.2, 0.25) is 0 Å². The van der Waals surface area contributed by atoms with E-state index in [9.17, 15) is 18.0 Å². The van der Waals surface area contributed by atoms with E-state index in [1.54, 1.807) is 16.8 Å². The number of carbonyl (C=O) groups is 2. The number of fused-ring (bicyclic) bond motifs is 3. The molecular weight excluding hydrogens is 430 g/mol. The Morgan fingerprint density at radius 1 is 1.09 bits per heavy atom. The van der Waals surface area contributed by atoms with Gasteiger partial charge in [-0.2, -0.15) is 5.10 Å². The Bertz CT molecular complexity index is 1340. The van der Waals surface area contributed by atoms with Gasteiger partial charge in [-0.05, 0) is 54.8 Å². The summed E-state index contributed by atoms with van der Waals surface area (Å²) < 4.78 is 24.8. The topological polar surface area (TPSA) is 150 Å². The third-order valence-electron chi connectivity index (χ3n) is 5.43. The fourth-order valence-electron chi connectivity index (χ4n) is 3.76. The third-order valence-corrected chi connectivity index (χ3v) is 6.36. The second-order valence-corrected chi connectivity index (χ2v) is 9.57. The molecule has 0 radical (unpaired) electrons. The smallest absolute Gasteiger partial charge is 0.269 e. The molecule has 0 fully saturated rings. The van der Waals surface area contributed by atoms with Crippen LogP contribution in [0.15, 0.2) is 47.4 Å². The molecule has 10 heteroatoms. The standard InChI is InChI=1S/C22H23N5O4S/c1-12(2)22(29)25-14-5-3-13-4-10-17-19(21(23)28)26-27(20(17)18(13)11-14)15-6-8-16(9-7-15)32(24,30)31/h3,5-9,11-12H,4,10H2,1-2H3,(H2,23,28)(H,25,29)(H2,24,30,31). The normalized spacial score (nSPS) is 12.9. The van der Waals surface area contributed by atoms with Crippen LogP contribution in [0.4, 0.5) is 5.69 Å². The van der Waals surface area contributed by atoms with Crippen LogP contribution in [0.5, 0.6) is 0 Å². The summed E-state index contributed by atoms with van der Waals surface area (Å²) in [5.74, 6) is -0.925. The molecule has 0 unspecified atom stereocenters. The Kier molecular flexibility index (Phi) is 5.35. The lowest BCUT2D eigenvalue weighted by Gasteiger charge is -2.20. The third kappa shape index (κ3) is 3.90. The molecule has 0 spiro atoms. The Hall–Kier alpha value is -3.50. The number of aromatic nitrogens is 2. The van der Waals surface area contributed by atoms with E-state index in [4.69, 9.17) is 10.9 Å². The van der Waals surface area contributed by atoms with Gasteiger partial charge in [0.15, 0.2) is 5.69 Å². The first-order valence-corrected chi connectivity index (χ1v) is 11.6. The molecule has 1 heterocycles. The van der Waals surface area contributed by atoms with Gasteiger partial charge in [0.25, 0.3) is 5.91 Å². The number of hydrogen-bond acceptors (Lipinski definition) is 5. The molecule has 1 aliphatic rings. The van der Waals surface area contributed by atoms with Crippen molar-refractivity contribution in [3.63, 3.8) is 0 Å². The minimum absolute atomic E-state index is 0.0310. The summed E-state index contributed by atoms with van der Waals surface area (Å²) in [7, 11) is -3.84. The number of benzene rings is 2. The van der Waals surface area contributed by atoms with Crippen molar-refractivity contribution in [2.24, 2.45) is 16.8 Å². The molecule has 1 aliphatic carbocycles. The number of anilines is 1. The number of hydrogen-bond donors (Lipinski definition) is 3. The molecule has 4 rings (SSSR count). The van der Waals surface area contributed by atoms with E-state index in [1.165, 1.54) is 12.1 Å². The molecule has 0 saturated carbocycles. The molecule has 1 aromatic heterocycles. The number of primary sulfonamides is 1. The number of nitrogens with one attached hydrogen (secondary N) is 1. The first-order valence-electron chi connectivity index (χ1n) is 10.1. The monoisotopic (exact) mass is 453 g/mol. The van der Waals surface area contributed by atoms with E-state index in [0.29, 0.717) is 35.5 Å².